The van der Waals surface area contributed by atoms with Gasteiger partial charge in [-0.1, -0.05) is 28.1 Å². The average Bonchev–Trinajstić information content (AvgIpc) is 2.83. The molecular formula is C17H16BrNO2. The summed E-state index contributed by atoms with van der Waals surface area (Å²) in [4.78, 5) is 11.1. The van der Waals surface area contributed by atoms with Gasteiger partial charge in [0.15, 0.2) is 0 Å². The molecule has 3 rings (SSSR count). The topological polar surface area (TPSA) is 49.3 Å². The summed E-state index contributed by atoms with van der Waals surface area (Å²) in [7, 11) is 0. The second kappa shape index (κ2) is 5.53. The van der Waals surface area contributed by atoms with Crippen molar-refractivity contribution in [3.8, 4) is 0 Å². The van der Waals surface area contributed by atoms with Gasteiger partial charge in [0, 0.05) is 10.2 Å². The molecule has 1 aliphatic carbocycles. The lowest BCUT2D eigenvalue weighted by molar-refractivity contribution is 0.0697. The van der Waals surface area contributed by atoms with Gasteiger partial charge in [-0.3, -0.25) is 0 Å². The summed E-state index contributed by atoms with van der Waals surface area (Å²) >= 11 is 3.50. The number of hydrogen-bond acceptors (Lipinski definition) is 2. The highest BCUT2D eigenvalue weighted by Crippen LogP contribution is 2.36. The maximum Gasteiger partial charge on any atom is 0.335 e. The van der Waals surface area contributed by atoms with Crippen molar-refractivity contribution in [2.24, 2.45) is 0 Å². The normalized spacial score (nSPS) is 16.6. The molecule has 4 heteroatoms. The fourth-order valence-electron chi connectivity index (χ4n) is 2.83. The summed E-state index contributed by atoms with van der Waals surface area (Å²) in [5, 5.41) is 12.6. The SMILES string of the molecule is Cc1ccc(C(=O)O)cc1NC1CCc2cc(Br)ccc21. The molecule has 0 saturated heterocycles. The van der Waals surface area contributed by atoms with Crippen molar-refractivity contribution in [1.82, 2.24) is 0 Å². The summed E-state index contributed by atoms with van der Waals surface area (Å²) < 4.78 is 1.10. The Hall–Kier alpha value is -1.81. The van der Waals surface area contributed by atoms with E-state index in [0.29, 0.717) is 5.56 Å². The van der Waals surface area contributed by atoms with Gasteiger partial charge in [0.2, 0.25) is 0 Å². The van der Waals surface area contributed by atoms with Gasteiger partial charge < -0.3 is 10.4 Å². The molecule has 2 aromatic carbocycles. The molecule has 0 aromatic heterocycles. The van der Waals surface area contributed by atoms with Crippen molar-refractivity contribution in [3.05, 3.63) is 63.1 Å². The smallest absolute Gasteiger partial charge is 0.335 e. The fourth-order valence-corrected chi connectivity index (χ4v) is 3.24. The molecule has 0 amide bonds. The van der Waals surface area contributed by atoms with Crippen molar-refractivity contribution in [2.45, 2.75) is 25.8 Å². The maximum absolute atomic E-state index is 11.1. The van der Waals surface area contributed by atoms with Gasteiger partial charge in [0.1, 0.15) is 0 Å². The highest BCUT2D eigenvalue weighted by atomic mass is 79.9. The minimum Gasteiger partial charge on any atom is -0.478 e. The first kappa shape index (κ1) is 14.1. The summed E-state index contributed by atoms with van der Waals surface area (Å²) in [6.07, 6.45) is 2.08. The molecule has 0 fully saturated rings. The van der Waals surface area contributed by atoms with E-state index in [2.05, 4.69) is 39.4 Å². The Bertz CT molecular complexity index is 712. The third-order valence-corrected chi connectivity index (χ3v) is 4.49. The number of nitrogens with one attached hydrogen (secondary N) is 1. The zero-order valence-corrected chi connectivity index (χ0v) is 13.3. The molecule has 0 aliphatic heterocycles. The molecular weight excluding hydrogens is 330 g/mol. The third-order valence-electron chi connectivity index (χ3n) is 4.00. The Labute approximate surface area is 132 Å². The Balaban J connectivity index is 1.89. The van der Waals surface area contributed by atoms with Crippen LogP contribution in [0.1, 0.15) is 39.5 Å². The number of carboxylic acids is 1. The monoisotopic (exact) mass is 345 g/mol. The molecule has 1 aliphatic rings. The molecule has 0 bridgehead atoms. The molecule has 0 saturated carbocycles. The van der Waals surface area contributed by atoms with Crippen LogP contribution in [0.15, 0.2) is 40.9 Å². The molecule has 2 aromatic rings. The van der Waals surface area contributed by atoms with Crippen molar-refractivity contribution >= 4 is 27.6 Å². The Morgan fingerprint density at radius 3 is 2.86 bits per heavy atom. The van der Waals surface area contributed by atoms with E-state index in [1.54, 1.807) is 12.1 Å². The molecule has 1 unspecified atom stereocenters. The molecule has 3 nitrogen and oxygen atoms in total. The first-order chi connectivity index (χ1) is 10.0. The molecule has 0 spiro atoms. The molecule has 21 heavy (non-hydrogen) atoms. The van der Waals surface area contributed by atoms with E-state index in [1.165, 1.54) is 11.1 Å². The van der Waals surface area contributed by atoms with Gasteiger partial charge in [0.25, 0.3) is 0 Å². The van der Waals surface area contributed by atoms with E-state index in [1.807, 2.05) is 13.0 Å². The number of benzene rings is 2. The zero-order valence-electron chi connectivity index (χ0n) is 11.7. The van der Waals surface area contributed by atoms with Crippen LogP contribution in [0.2, 0.25) is 0 Å². The second-order valence-corrected chi connectivity index (χ2v) is 6.33. The fraction of sp³-hybridized carbons (Fsp3) is 0.235. The van der Waals surface area contributed by atoms with Crippen LogP contribution in [0.4, 0.5) is 5.69 Å². The molecule has 2 N–H and O–H groups in total. The first-order valence-electron chi connectivity index (χ1n) is 6.93. The number of rotatable bonds is 3. The van der Waals surface area contributed by atoms with E-state index in [0.717, 1.165) is 28.6 Å². The van der Waals surface area contributed by atoms with Crippen molar-refractivity contribution < 1.29 is 9.90 Å². The summed E-state index contributed by atoms with van der Waals surface area (Å²) in [6.45, 7) is 1.99. The summed E-state index contributed by atoms with van der Waals surface area (Å²) in [6, 6.07) is 11.8. The summed E-state index contributed by atoms with van der Waals surface area (Å²) in [5.74, 6) is -0.895. The zero-order chi connectivity index (χ0) is 15.0. The van der Waals surface area contributed by atoms with Gasteiger partial charge in [-0.15, -0.1) is 0 Å². The Morgan fingerprint density at radius 1 is 1.29 bits per heavy atom. The largest absolute Gasteiger partial charge is 0.478 e. The molecule has 0 radical (unpaired) electrons. The number of carbonyl (C=O) groups is 1. The number of hydrogen-bond donors (Lipinski definition) is 2. The number of fused-ring (bicyclic) bond motifs is 1. The van der Waals surface area contributed by atoms with E-state index >= 15 is 0 Å². The quantitative estimate of drug-likeness (QED) is 0.857. The van der Waals surface area contributed by atoms with E-state index in [4.69, 9.17) is 5.11 Å². The summed E-state index contributed by atoms with van der Waals surface area (Å²) in [5.41, 5.74) is 4.94. The van der Waals surface area contributed by atoms with Crippen LogP contribution >= 0.6 is 15.9 Å². The molecule has 1 atom stereocenters. The lowest BCUT2D eigenvalue weighted by atomic mass is 10.1. The number of halogens is 1. The van der Waals surface area contributed by atoms with E-state index in [9.17, 15) is 4.79 Å². The molecule has 108 valence electrons. The van der Waals surface area contributed by atoms with Crippen molar-refractivity contribution in [2.75, 3.05) is 5.32 Å². The van der Waals surface area contributed by atoms with E-state index in [-0.39, 0.29) is 6.04 Å². The van der Waals surface area contributed by atoms with Crippen molar-refractivity contribution in [3.63, 3.8) is 0 Å². The lowest BCUT2D eigenvalue weighted by Gasteiger charge is -2.18. The maximum atomic E-state index is 11.1. The Kier molecular flexibility index (Phi) is 3.72. The van der Waals surface area contributed by atoms with Crippen molar-refractivity contribution in [1.29, 1.82) is 0 Å². The van der Waals surface area contributed by atoms with Crippen LogP contribution < -0.4 is 5.32 Å². The third kappa shape index (κ3) is 2.81. The molecule has 0 heterocycles. The van der Waals surface area contributed by atoms with E-state index < -0.39 is 5.97 Å². The average molecular weight is 346 g/mol. The predicted octanol–water partition coefficient (Wildman–Crippen LogP) is 4.56. The Morgan fingerprint density at radius 2 is 2.10 bits per heavy atom. The second-order valence-electron chi connectivity index (χ2n) is 5.41. The van der Waals surface area contributed by atoms with Gasteiger partial charge in [-0.2, -0.15) is 0 Å². The number of aryl methyl sites for hydroxylation is 2. The van der Waals surface area contributed by atoms with Gasteiger partial charge in [-0.25, -0.2) is 4.79 Å². The standard InChI is InChI=1S/C17H16BrNO2/c1-10-2-3-12(17(20)21)9-16(10)19-15-7-4-11-8-13(18)5-6-14(11)15/h2-3,5-6,8-9,15,19H,4,7H2,1H3,(H,20,21). The van der Waals surface area contributed by atoms with Gasteiger partial charge >= 0.3 is 5.97 Å². The minimum atomic E-state index is -0.895. The lowest BCUT2D eigenvalue weighted by Crippen LogP contribution is -2.09. The van der Waals surface area contributed by atoms with Crippen LogP contribution in [0, 0.1) is 6.92 Å². The van der Waals surface area contributed by atoms with Crippen LogP contribution in [0.25, 0.3) is 0 Å². The predicted molar refractivity (Wildman–Crippen MR) is 87.0 cm³/mol. The first-order valence-corrected chi connectivity index (χ1v) is 7.72. The highest BCUT2D eigenvalue weighted by molar-refractivity contribution is 9.10. The van der Waals surface area contributed by atoms with Crippen LogP contribution in [-0.4, -0.2) is 11.1 Å². The van der Waals surface area contributed by atoms with Crippen LogP contribution in [0.5, 0.6) is 0 Å². The highest BCUT2D eigenvalue weighted by Gasteiger charge is 2.23. The van der Waals surface area contributed by atoms with Crippen LogP contribution in [-0.2, 0) is 6.42 Å². The minimum absolute atomic E-state index is 0.246. The van der Waals surface area contributed by atoms with Crippen LogP contribution in [0.3, 0.4) is 0 Å². The van der Waals surface area contributed by atoms with Gasteiger partial charge in [0.05, 0.1) is 11.6 Å². The number of anilines is 1. The van der Waals surface area contributed by atoms with Gasteiger partial charge in [-0.05, 0) is 60.7 Å². The number of carboxylic acid groups (broad SMARTS) is 1. The number of aromatic carboxylic acids is 1.